The summed E-state index contributed by atoms with van der Waals surface area (Å²) >= 11 is 0. The highest BCUT2D eigenvalue weighted by Crippen LogP contribution is 2.32. The van der Waals surface area contributed by atoms with Gasteiger partial charge in [0, 0.05) is 32.6 Å². The maximum atomic E-state index is 12.9. The van der Waals surface area contributed by atoms with Crippen LogP contribution in [-0.4, -0.2) is 62.0 Å². The molecular weight excluding hydrogens is 332 g/mol. The van der Waals surface area contributed by atoms with Gasteiger partial charge in [0.2, 0.25) is 5.91 Å². The van der Waals surface area contributed by atoms with Crippen molar-refractivity contribution in [1.29, 1.82) is 0 Å². The summed E-state index contributed by atoms with van der Waals surface area (Å²) in [5.41, 5.74) is 0.498. The van der Waals surface area contributed by atoms with Crippen LogP contribution >= 0.6 is 0 Å². The zero-order valence-corrected chi connectivity index (χ0v) is 15.7. The molecule has 0 aromatic heterocycles. The second-order valence-corrected chi connectivity index (χ2v) is 7.07. The Hall–Kier alpha value is -2.24. The summed E-state index contributed by atoms with van der Waals surface area (Å²) in [7, 11) is 3.09. The van der Waals surface area contributed by atoms with Gasteiger partial charge < -0.3 is 19.3 Å². The number of piperazine rings is 1. The minimum atomic E-state index is -0.0800. The fourth-order valence-electron chi connectivity index (χ4n) is 3.98. The van der Waals surface area contributed by atoms with Crippen LogP contribution in [0.3, 0.4) is 0 Å². The summed E-state index contributed by atoms with van der Waals surface area (Å²) in [6.07, 6.45) is 5.53. The summed E-state index contributed by atoms with van der Waals surface area (Å²) < 4.78 is 10.7. The Morgan fingerprint density at radius 1 is 1.00 bits per heavy atom. The molecule has 1 aromatic carbocycles. The van der Waals surface area contributed by atoms with E-state index in [1.807, 2.05) is 4.90 Å². The number of amides is 2. The molecular formula is C20H28N2O4. The van der Waals surface area contributed by atoms with E-state index in [0.717, 1.165) is 0 Å². The van der Waals surface area contributed by atoms with Gasteiger partial charge in [-0.15, -0.1) is 0 Å². The predicted molar refractivity (Wildman–Crippen MR) is 98.6 cm³/mol. The smallest absolute Gasteiger partial charge is 0.257 e. The number of nitrogens with zero attached hydrogens (tertiary/aromatic N) is 2. The predicted octanol–water partition coefficient (Wildman–Crippen LogP) is 2.57. The third kappa shape index (κ3) is 3.94. The summed E-state index contributed by atoms with van der Waals surface area (Å²) in [5, 5.41) is 0. The van der Waals surface area contributed by atoms with E-state index in [0.29, 0.717) is 55.6 Å². The molecule has 2 aliphatic rings. The molecule has 1 aromatic rings. The van der Waals surface area contributed by atoms with Crippen LogP contribution in [0.2, 0.25) is 0 Å². The Balaban J connectivity index is 1.59. The molecule has 26 heavy (non-hydrogen) atoms. The van der Waals surface area contributed by atoms with E-state index in [9.17, 15) is 9.59 Å². The molecule has 142 valence electrons. The number of para-hydroxylation sites is 1. The number of hydrogen-bond donors (Lipinski definition) is 0. The Labute approximate surface area is 155 Å². The third-order valence-electron chi connectivity index (χ3n) is 5.49. The molecule has 0 spiro atoms. The van der Waals surface area contributed by atoms with E-state index in [1.165, 1.54) is 32.8 Å². The molecule has 0 N–H and O–H groups in total. The zero-order chi connectivity index (χ0) is 18.5. The van der Waals surface area contributed by atoms with Crippen LogP contribution in [-0.2, 0) is 4.79 Å². The van der Waals surface area contributed by atoms with Crippen molar-refractivity contribution in [3.63, 3.8) is 0 Å². The second kappa shape index (κ2) is 8.43. The van der Waals surface area contributed by atoms with Gasteiger partial charge in [-0.05, 0) is 30.9 Å². The zero-order valence-electron chi connectivity index (χ0n) is 15.7. The molecule has 2 fully saturated rings. The first-order chi connectivity index (χ1) is 12.6. The summed E-state index contributed by atoms with van der Waals surface area (Å²) in [6.45, 7) is 2.30. The van der Waals surface area contributed by atoms with E-state index in [4.69, 9.17) is 9.47 Å². The van der Waals surface area contributed by atoms with Gasteiger partial charge in [-0.1, -0.05) is 18.9 Å². The second-order valence-electron chi connectivity index (χ2n) is 7.07. The van der Waals surface area contributed by atoms with Gasteiger partial charge in [-0.3, -0.25) is 9.59 Å². The molecule has 6 nitrogen and oxygen atoms in total. The molecule has 0 atom stereocenters. The number of benzene rings is 1. The summed E-state index contributed by atoms with van der Waals surface area (Å²) in [6, 6.07) is 5.31. The monoisotopic (exact) mass is 360 g/mol. The van der Waals surface area contributed by atoms with E-state index in [1.54, 1.807) is 30.2 Å². The first kappa shape index (κ1) is 18.5. The van der Waals surface area contributed by atoms with Crippen molar-refractivity contribution in [2.45, 2.75) is 32.1 Å². The largest absolute Gasteiger partial charge is 0.493 e. The SMILES string of the molecule is COc1cccc(C(=O)N2CCN(C(=O)CC3CCCC3)CC2)c1OC. The van der Waals surface area contributed by atoms with Crippen LogP contribution < -0.4 is 9.47 Å². The number of methoxy groups -OCH3 is 2. The van der Waals surface area contributed by atoms with Crippen LogP contribution in [0, 0.1) is 5.92 Å². The Bertz CT molecular complexity index is 647. The van der Waals surface area contributed by atoms with Crippen molar-refractivity contribution >= 4 is 11.8 Å². The summed E-state index contributed by atoms with van der Waals surface area (Å²) in [5.74, 6) is 1.72. The number of ether oxygens (including phenoxy) is 2. The lowest BCUT2D eigenvalue weighted by atomic mass is 10.0. The number of rotatable bonds is 5. The highest BCUT2D eigenvalue weighted by Gasteiger charge is 2.28. The van der Waals surface area contributed by atoms with E-state index in [2.05, 4.69) is 0 Å². The molecule has 3 rings (SSSR count). The van der Waals surface area contributed by atoms with E-state index in [-0.39, 0.29) is 11.8 Å². The number of hydrogen-bond acceptors (Lipinski definition) is 4. The lowest BCUT2D eigenvalue weighted by Crippen LogP contribution is -2.50. The Morgan fingerprint density at radius 3 is 2.27 bits per heavy atom. The lowest BCUT2D eigenvalue weighted by Gasteiger charge is -2.35. The van der Waals surface area contributed by atoms with E-state index < -0.39 is 0 Å². The minimum Gasteiger partial charge on any atom is -0.493 e. The maximum absolute atomic E-state index is 12.9. The molecule has 0 radical (unpaired) electrons. The van der Waals surface area contributed by atoms with Crippen LogP contribution in [0.25, 0.3) is 0 Å². The van der Waals surface area contributed by atoms with Crippen LogP contribution in [0.5, 0.6) is 11.5 Å². The van der Waals surface area contributed by atoms with Crippen molar-refractivity contribution in [1.82, 2.24) is 9.80 Å². The molecule has 0 bridgehead atoms. The van der Waals surface area contributed by atoms with Gasteiger partial charge in [0.15, 0.2) is 11.5 Å². The van der Waals surface area contributed by atoms with Crippen molar-refractivity contribution in [2.75, 3.05) is 40.4 Å². The van der Waals surface area contributed by atoms with Crippen molar-refractivity contribution in [2.24, 2.45) is 5.92 Å². The highest BCUT2D eigenvalue weighted by molar-refractivity contribution is 5.98. The van der Waals surface area contributed by atoms with Gasteiger partial charge in [0.25, 0.3) is 5.91 Å². The van der Waals surface area contributed by atoms with Gasteiger partial charge >= 0.3 is 0 Å². The normalized spacial score (nSPS) is 18.1. The minimum absolute atomic E-state index is 0.0800. The highest BCUT2D eigenvalue weighted by atomic mass is 16.5. The molecule has 1 heterocycles. The molecule has 1 saturated carbocycles. The van der Waals surface area contributed by atoms with Gasteiger partial charge in [0.05, 0.1) is 19.8 Å². The van der Waals surface area contributed by atoms with Gasteiger partial charge in [-0.25, -0.2) is 0 Å². The van der Waals surface area contributed by atoms with Gasteiger partial charge in [0.1, 0.15) is 0 Å². The topological polar surface area (TPSA) is 59.1 Å². The van der Waals surface area contributed by atoms with Gasteiger partial charge in [-0.2, -0.15) is 0 Å². The van der Waals surface area contributed by atoms with Crippen LogP contribution in [0.1, 0.15) is 42.5 Å². The fraction of sp³-hybridized carbons (Fsp3) is 0.600. The molecule has 2 amide bonds. The molecule has 1 aliphatic carbocycles. The standard InChI is InChI=1S/C20H28N2O4/c1-25-17-9-5-8-16(19(17)26-2)20(24)22-12-10-21(11-13-22)18(23)14-15-6-3-4-7-15/h5,8-9,15H,3-4,6-7,10-14H2,1-2H3. The Kier molecular flexibility index (Phi) is 6.01. The maximum Gasteiger partial charge on any atom is 0.257 e. The average Bonchev–Trinajstić information content (AvgIpc) is 3.19. The first-order valence-corrected chi connectivity index (χ1v) is 9.42. The fourth-order valence-corrected chi connectivity index (χ4v) is 3.98. The van der Waals surface area contributed by atoms with E-state index >= 15 is 0 Å². The first-order valence-electron chi connectivity index (χ1n) is 9.42. The van der Waals surface area contributed by atoms with Crippen LogP contribution in [0.15, 0.2) is 18.2 Å². The van der Waals surface area contributed by atoms with Crippen molar-refractivity contribution < 1.29 is 19.1 Å². The average molecular weight is 360 g/mol. The number of carbonyl (C=O) groups excluding carboxylic acids is 2. The number of carbonyl (C=O) groups is 2. The Morgan fingerprint density at radius 2 is 1.65 bits per heavy atom. The molecule has 1 saturated heterocycles. The molecule has 0 unspecified atom stereocenters. The molecule has 6 heteroatoms. The van der Waals surface area contributed by atoms with Crippen molar-refractivity contribution in [3.05, 3.63) is 23.8 Å². The third-order valence-corrected chi connectivity index (χ3v) is 5.49. The summed E-state index contributed by atoms with van der Waals surface area (Å²) in [4.78, 5) is 29.1. The lowest BCUT2D eigenvalue weighted by molar-refractivity contribution is -0.133. The van der Waals surface area contributed by atoms with Crippen molar-refractivity contribution in [3.8, 4) is 11.5 Å². The quantitative estimate of drug-likeness (QED) is 0.810. The molecule has 1 aliphatic heterocycles. The van der Waals surface area contributed by atoms with Crippen LogP contribution in [0.4, 0.5) is 0 Å².